The number of aromatic nitrogens is 7. The molecule has 2 aromatic carbocycles. The van der Waals surface area contributed by atoms with Crippen LogP contribution < -0.4 is 20.9 Å². The molecular weight excluding hydrogens is 526 g/mol. The van der Waals surface area contributed by atoms with Gasteiger partial charge in [0.1, 0.15) is 23.0 Å². The number of hydrogen-bond donors (Lipinski definition) is 3. The van der Waals surface area contributed by atoms with Crippen LogP contribution in [0.3, 0.4) is 0 Å². The van der Waals surface area contributed by atoms with Crippen LogP contribution in [0.4, 0.5) is 11.8 Å². The summed E-state index contributed by atoms with van der Waals surface area (Å²) in [6.07, 6.45) is 4.01. The van der Waals surface area contributed by atoms with Gasteiger partial charge in [-0.25, -0.2) is 4.98 Å². The van der Waals surface area contributed by atoms with Gasteiger partial charge < -0.3 is 25.9 Å². The van der Waals surface area contributed by atoms with E-state index in [0.29, 0.717) is 50.6 Å². The molecular formula is C24H18BrN9O2. The van der Waals surface area contributed by atoms with Crippen LogP contribution >= 0.6 is 15.9 Å². The number of nitrogens with zero attached hydrogens (tertiary/aromatic N) is 6. The minimum atomic E-state index is 0.0818. The average Bonchev–Trinajstić information content (AvgIpc) is 3.19. The van der Waals surface area contributed by atoms with E-state index >= 15 is 0 Å². The van der Waals surface area contributed by atoms with Crippen LogP contribution in [0.2, 0.25) is 0 Å². The number of hydrogen-bond acceptors (Lipinski definition) is 10. The zero-order valence-electron chi connectivity index (χ0n) is 18.9. The van der Waals surface area contributed by atoms with Crippen LogP contribution in [-0.4, -0.2) is 34.9 Å². The maximum absolute atomic E-state index is 6.22. The summed E-state index contributed by atoms with van der Waals surface area (Å²) in [6, 6.07) is 10.7. The van der Waals surface area contributed by atoms with Gasteiger partial charge in [0.05, 0.1) is 26.4 Å². The molecule has 0 unspecified atom stereocenters. The highest BCUT2D eigenvalue weighted by Gasteiger charge is 2.19. The number of ether oxygens (including phenoxy) is 2. The van der Waals surface area contributed by atoms with Gasteiger partial charge in [-0.15, -0.1) is 0 Å². The van der Waals surface area contributed by atoms with Crippen molar-refractivity contribution in [1.82, 2.24) is 34.9 Å². The Kier molecular flexibility index (Phi) is 5.22. The molecule has 4 heterocycles. The van der Waals surface area contributed by atoms with Crippen LogP contribution in [0.1, 0.15) is 12.6 Å². The molecule has 0 bridgehead atoms. The molecule has 5 N–H and O–H groups in total. The number of fused-ring (bicyclic) bond motifs is 3. The number of rotatable bonds is 5. The number of nitrogen functional groups attached to an aromatic ring is 2. The Morgan fingerprint density at radius 1 is 0.861 bits per heavy atom. The Hall–Kier alpha value is -4.58. The predicted molar refractivity (Wildman–Crippen MR) is 139 cm³/mol. The molecule has 11 nitrogen and oxygen atoms in total. The summed E-state index contributed by atoms with van der Waals surface area (Å²) in [6.45, 7) is 2.04. The van der Waals surface area contributed by atoms with Crippen molar-refractivity contribution in [3.63, 3.8) is 0 Å². The number of benzene rings is 2. The molecule has 0 saturated heterocycles. The Morgan fingerprint density at radius 2 is 1.61 bits per heavy atom. The first-order chi connectivity index (χ1) is 17.5. The smallest absolute Gasteiger partial charge is 0.327 e. The van der Waals surface area contributed by atoms with Crippen molar-refractivity contribution >= 4 is 60.7 Å². The number of anilines is 2. The summed E-state index contributed by atoms with van der Waals surface area (Å²) in [5.41, 5.74) is 15.3. The van der Waals surface area contributed by atoms with E-state index < -0.39 is 0 Å². The van der Waals surface area contributed by atoms with Crippen LogP contribution in [0.5, 0.6) is 23.4 Å². The summed E-state index contributed by atoms with van der Waals surface area (Å²) in [4.78, 5) is 29.3. The fraction of sp³-hybridized carbons (Fsp3) is 0.0833. The zero-order chi connectivity index (χ0) is 24.8. The third-order valence-corrected chi connectivity index (χ3v) is 6.42. The number of halogens is 1. The first-order valence-corrected chi connectivity index (χ1v) is 11.7. The molecule has 0 saturated carbocycles. The second kappa shape index (κ2) is 8.57. The molecule has 0 aliphatic carbocycles. The highest BCUT2D eigenvalue weighted by molar-refractivity contribution is 9.10. The van der Waals surface area contributed by atoms with Crippen LogP contribution in [0.25, 0.3) is 33.0 Å². The molecule has 6 aromatic rings. The second-order valence-corrected chi connectivity index (χ2v) is 8.66. The number of aromatic amines is 1. The Balaban J connectivity index is 1.44. The molecule has 4 aromatic heterocycles. The zero-order valence-corrected chi connectivity index (χ0v) is 20.4. The number of nitrogens with two attached hydrogens (primary N) is 2. The van der Waals surface area contributed by atoms with E-state index in [1.54, 1.807) is 42.7 Å². The lowest BCUT2D eigenvalue weighted by Crippen LogP contribution is -2.01. The summed E-state index contributed by atoms with van der Waals surface area (Å²) >= 11 is 3.65. The molecule has 178 valence electrons. The van der Waals surface area contributed by atoms with Gasteiger partial charge in [-0.2, -0.15) is 15.0 Å². The largest absolute Gasteiger partial charge is 0.438 e. The molecule has 6 rings (SSSR count). The summed E-state index contributed by atoms with van der Waals surface area (Å²) in [7, 11) is 0. The van der Waals surface area contributed by atoms with E-state index in [1.165, 1.54) is 0 Å². The van der Waals surface area contributed by atoms with E-state index in [2.05, 4.69) is 50.8 Å². The fourth-order valence-electron chi connectivity index (χ4n) is 3.86. The lowest BCUT2D eigenvalue weighted by atomic mass is 10.2. The van der Waals surface area contributed by atoms with Crippen molar-refractivity contribution < 1.29 is 9.47 Å². The molecule has 0 aliphatic heterocycles. The van der Waals surface area contributed by atoms with Gasteiger partial charge in [0.15, 0.2) is 0 Å². The van der Waals surface area contributed by atoms with Crippen molar-refractivity contribution in [2.45, 2.75) is 13.3 Å². The van der Waals surface area contributed by atoms with Crippen LogP contribution in [-0.2, 0) is 6.42 Å². The van der Waals surface area contributed by atoms with Crippen molar-refractivity contribution in [2.24, 2.45) is 0 Å². The van der Waals surface area contributed by atoms with Crippen molar-refractivity contribution in [2.75, 3.05) is 11.5 Å². The minimum Gasteiger partial charge on any atom is -0.438 e. The first-order valence-electron chi connectivity index (χ1n) is 11.0. The Morgan fingerprint density at radius 3 is 2.44 bits per heavy atom. The lowest BCUT2D eigenvalue weighted by molar-refractivity contribution is 0.417. The minimum absolute atomic E-state index is 0.0818. The average molecular weight is 544 g/mol. The highest BCUT2D eigenvalue weighted by atomic mass is 79.9. The maximum Gasteiger partial charge on any atom is 0.327 e. The SMILES string of the molecule is CCc1[nH]c2nc(Oc3ccc4nccnc4c3)nc(Oc3ccc4c(N)nc(N)nc4c3)c2c1Br. The Bertz CT molecular complexity index is 1790. The standard InChI is InChI=1S/C24H18BrN9O2/c1-2-14-19(25)18-21(30-14)33-24(36-12-4-6-15-17(10-12)29-8-7-28-15)34-22(18)35-11-3-5-13-16(9-11)31-23(27)32-20(13)26/h3-10H,2H2,1H3,(H,30,33,34)(H4,26,27,31,32). The van der Waals surface area contributed by atoms with E-state index in [0.717, 1.165) is 22.1 Å². The molecule has 0 fully saturated rings. The Labute approximate surface area is 212 Å². The van der Waals surface area contributed by atoms with Gasteiger partial charge in [0.2, 0.25) is 11.8 Å². The summed E-state index contributed by atoms with van der Waals surface area (Å²) < 4.78 is 13.0. The van der Waals surface area contributed by atoms with Gasteiger partial charge in [-0.3, -0.25) is 9.97 Å². The van der Waals surface area contributed by atoms with Gasteiger partial charge in [0, 0.05) is 35.6 Å². The molecule has 0 radical (unpaired) electrons. The summed E-state index contributed by atoms with van der Waals surface area (Å²) in [5, 5.41) is 1.36. The highest BCUT2D eigenvalue weighted by Crippen LogP contribution is 2.38. The molecule has 36 heavy (non-hydrogen) atoms. The van der Waals surface area contributed by atoms with E-state index in [9.17, 15) is 0 Å². The third-order valence-electron chi connectivity index (χ3n) is 5.54. The molecule has 0 amide bonds. The number of aryl methyl sites for hydroxylation is 1. The summed E-state index contributed by atoms with van der Waals surface area (Å²) in [5.74, 6) is 1.68. The van der Waals surface area contributed by atoms with Gasteiger partial charge in [-0.1, -0.05) is 6.92 Å². The third kappa shape index (κ3) is 3.86. The normalized spacial score (nSPS) is 11.4. The molecule has 0 atom stereocenters. The quantitative estimate of drug-likeness (QED) is 0.271. The van der Waals surface area contributed by atoms with Crippen LogP contribution in [0.15, 0.2) is 53.3 Å². The van der Waals surface area contributed by atoms with Gasteiger partial charge in [0.25, 0.3) is 0 Å². The molecule has 0 aliphatic rings. The van der Waals surface area contributed by atoms with E-state index in [4.69, 9.17) is 20.9 Å². The van der Waals surface area contributed by atoms with Gasteiger partial charge >= 0.3 is 6.01 Å². The van der Waals surface area contributed by atoms with Crippen LogP contribution in [0, 0.1) is 0 Å². The fourth-order valence-corrected chi connectivity index (χ4v) is 4.60. The first kappa shape index (κ1) is 21.9. The van der Waals surface area contributed by atoms with E-state index in [1.807, 2.05) is 13.0 Å². The monoisotopic (exact) mass is 543 g/mol. The molecule has 12 heteroatoms. The van der Waals surface area contributed by atoms with E-state index in [-0.39, 0.29) is 12.0 Å². The van der Waals surface area contributed by atoms with Crippen molar-refractivity contribution in [1.29, 1.82) is 0 Å². The number of H-pyrrole nitrogens is 1. The van der Waals surface area contributed by atoms with Gasteiger partial charge in [-0.05, 0) is 46.6 Å². The predicted octanol–water partition coefficient (Wildman–Crippen LogP) is 4.92. The number of nitrogens with one attached hydrogen (secondary N) is 1. The van der Waals surface area contributed by atoms with Crippen molar-refractivity contribution in [3.8, 4) is 23.4 Å². The maximum atomic E-state index is 6.22. The second-order valence-electron chi connectivity index (χ2n) is 7.86. The molecule has 0 spiro atoms. The van der Waals surface area contributed by atoms with Crippen molar-refractivity contribution in [3.05, 3.63) is 59.0 Å². The lowest BCUT2D eigenvalue weighted by Gasteiger charge is -2.10. The topological polar surface area (TPSA) is 164 Å².